The first-order valence-corrected chi connectivity index (χ1v) is 3.84. The van der Waals surface area contributed by atoms with Crippen molar-refractivity contribution in [2.75, 3.05) is 12.8 Å². The molecule has 66 valence electrons. The summed E-state index contributed by atoms with van der Waals surface area (Å²) in [7, 11) is 1.33. The summed E-state index contributed by atoms with van der Waals surface area (Å²) in [5.74, 6) is -1.89. The zero-order valence-electron chi connectivity index (χ0n) is 6.20. The molecule has 0 bridgehead atoms. The van der Waals surface area contributed by atoms with Crippen LogP contribution >= 0.6 is 15.9 Å². The molecule has 0 saturated heterocycles. The lowest BCUT2D eigenvalue weighted by molar-refractivity contribution is 0.408. The number of rotatable bonds is 1. The van der Waals surface area contributed by atoms with Gasteiger partial charge in [0.2, 0.25) is 0 Å². The minimum Gasteiger partial charge on any atom is -0.494 e. The Hall–Kier alpha value is -0.840. The minimum atomic E-state index is -1.01. The Kier molecular flexibility index (Phi) is 2.52. The van der Waals surface area contributed by atoms with Gasteiger partial charge in [-0.15, -0.1) is 0 Å². The number of methoxy groups -OCH3 is 1. The second kappa shape index (κ2) is 3.26. The van der Waals surface area contributed by atoms with Crippen LogP contribution < -0.4 is 10.5 Å². The average molecular weight is 238 g/mol. The molecule has 1 rings (SSSR count). The van der Waals surface area contributed by atoms with E-state index in [0.29, 0.717) is 0 Å². The van der Waals surface area contributed by atoms with E-state index in [1.165, 1.54) is 7.11 Å². The Morgan fingerprint density at radius 1 is 1.50 bits per heavy atom. The second-order valence-corrected chi connectivity index (χ2v) is 2.90. The van der Waals surface area contributed by atoms with Crippen molar-refractivity contribution in [3.63, 3.8) is 0 Å². The van der Waals surface area contributed by atoms with Gasteiger partial charge < -0.3 is 10.5 Å². The van der Waals surface area contributed by atoms with Crippen LogP contribution in [-0.4, -0.2) is 7.11 Å². The molecule has 1 aromatic carbocycles. The van der Waals surface area contributed by atoms with Crippen LogP contribution in [0.3, 0.4) is 0 Å². The number of hydrogen-bond acceptors (Lipinski definition) is 2. The first-order valence-electron chi connectivity index (χ1n) is 3.05. The summed E-state index contributed by atoms with van der Waals surface area (Å²) >= 11 is 2.80. The molecule has 5 heteroatoms. The summed E-state index contributed by atoms with van der Waals surface area (Å²) in [5.41, 5.74) is 5.44. The molecule has 0 aromatic heterocycles. The van der Waals surface area contributed by atoms with Crippen LogP contribution in [0.25, 0.3) is 0 Å². The molecule has 0 saturated carbocycles. The molecule has 0 aliphatic carbocycles. The van der Waals surface area contributed by atoms with Crippen molar-refractivity contribution in [3.8, 4) is 5.75 Å². The summed E-state index contributed by atoms with van der Waals surface area (Å²) in [6.45, 7) is 0. The summed E-state index contributed by atoms with van der Waals surface area (Å²) < 4.78 is 30.0. The van der Waals surface area contributed by atoms with Gasteiger partial charge in [-0.3, -0.25) is 0 Å². The summed E-state index contributed by atoms with van der Waals surface area (Å²) in [6.07, 6.45) is 0. The highest BCUT2D eigenvalue weighted by atomic mass is 79.9. The Balaban J connectivity index is 3.39. The van der Waals surface area contributed by atoms with Crippen LogP contribution in [0.2, 0.25) is 0 Å². The quantitative estimate of drug-likeness (QED) is 0.601. The van der Waals surface area contributed by atoms with E-state index in [4.69, 9.17) is 10.5 Å². The van der Waals surface area contributed by atoms with E-state index in [-0.39, 0.29) is 15.9 Å². The lowest BCUT2D eigenvalue weighted by Crippen LogP contribution is -1.98. The molecular formula is C7H6BrF2NO. The zero-order valence-corrected chi connectivity index (χ0v) is 7.78. The fraction of sp³-hybridized carbons (Fsp3) is 0.143. The fourth-order valence-electron chi connectivity index (χ4n) is 0.756. The third kappa shape index (κ3) is 1.36. The van der Waals surface area contributed by atoms with Crippen molar-refractivity contribution in [1.29, 1.82) is 0 Å². The summed E-state index contributed by atoms with van der Waals surface area (Å²) in [5, 5.41) is 0. The average Bonchev–Trinajstić information content (AvgIpc) is 2.08. The van der Waals surface area contributed by atoms with Crippen molar-refractivity contribution in [2.45, 2.75) is 0 Å². The zero-order chi connectivity index (χ0) is 9.30. The molecule has 0 heterocycles. The van der Waals surface area contributed by atoms with Crippen LogP contribution in [0.4, 0.5) is 14.5 Å². The lowest BCUT2D eigenvalue weighted by atomic mass is 10.3. The SMILES string of the molecule is COc1cc(F)c(F)c(Br)c1N. The molecule has 12 heavy (non-hydrogen) atoms. The molecule has 0 atom stereocenters. The highest BCUT2D eigenvalue weighted by Crippen LogP contribution is 2.33. The normalized spacial score (nSPS) is 10.0. The van der Waals surface area contributed by atoms with Gasteiger partial charge in [-0.05, 0) is 15.9 Å². The Morgan fingerprint density at radius 2 is 2.08 bits per heavy atom. The molecule has 2 nitrogen and oxygen atoms in total. The van der Waals surface area contributed by atoms with Crippen molar-refractivity contribution in [2.24, 2.45) is 0 Å². The molecule has 2 N–H and O–H groups in total. The van der Waals surface area contributed by atoms with Gasteiger partial charge in [0.1, 0.15) is 5.75 Å². The molecule has 0 spiro atoms. The number of ether oxygens (including phenoxy) is 1. The molecule has 0 aliphatic rings. The molecule has 0 unspecified atom stereocenters. The van der Waals surface area contributed by atoms with Gasteiger partial charge in [0, 0.05) is 6.07 Å². The first-order chi connectivity index (χ1) is 5.57. The summed E-state index contributed by atoms with van der Waals surface area (Å²) in [6, 6.07) is 0.898. The smallest absolute Gasteiger partial charge is 0.175 e. The third-order valence-electron chi connectivity index (χ3n) is 1.38. The van der Waals surface area contributed by atoms with Crippen LogP contribution in [0, 0.1) is 11.6 Å². The van der Waals surface area contributed by atoms with Gasteiger partial charge >= 0.3 is 0 Å². The monoisotopic (exact) mass is 237 g/mol. The fourth-order valence-corrected chi connectivity index (χ4v) is 1.14. The van der Waals surface area contributed by atoms with Crippen molar-refractivity contribution < 1.29 is 13.5 Å². The second-order valence-electron chi connectivity index (χ2n) is 2.10. The Labute approximate surface area is 76.4 Å². The van der Waals surface area contributed by atoms with Gasteiger partial charge in [0.15, 0.2) is 11.6 Å². The number of nitrogen functional groups attached to an aromatic ring is 1. The van der Waals surface area contributed by atoms with Crippen molar-refractivity contribution in [3.05, 3.63) is 22.2 Å². The molecule has 0 aliphatic heterocycles. The highest BCUT2D eigenvalue weighted by molar-refractivity contribution is 9.10. The van der Waals surface area contributed by atoms with Crippen molar-refractivity contribution >= 4 is 21.6 Å². The largest absolute Gasteiger partial charge is 0.494 e. The molecular weight excluding hydrogens is 232 g/mol. The number of benzene rings is 1. The first kappa shape index (κ1) is 9.25. The van der Waals surface area contributed by atoms with E-state index in [2.05, 4.69) is 15.9 Å². The van der Waals surface area contributed by atoms with E-state index < -0.39 is 11.6 Å². The molecule has 0 amide bonds. The van der Waals surface area contributed by atoms with E-state index in [1.807, 2.05) is 0 Å². The molecule has 0 fully saturated rings. The van der Waals surface area contributed by atoms with Gasteiger partial charge in [0.05, 0.1) is 17.3 Å². The van der Waals surface area contributed by atoms with Crippen molar-refractivity contribution in [1.82, 2.24) is 0 Å². The topological polar surface area (TPSA) is 35.2 Å². The number of anilines is 1. The Morgan fingerprint density at radius 3 is 2.58 bits per heavy atom. The predicted octanol–water partition coefficient (Wildman–Crippen LogP) is 2.32. The van der Waals surface area contributed by atoms with Gasteiger partial charge in [-0.1, -0.05) is 0 Å². The number of halogens is 3. The van der Waals surface area contributed by atoms with Gasteiger partial charge in [0.25, 0.3) is 0 Å². The summed E-state index contributed by atoms with van der Waals surface area (Å²) in [4.78, 5) is 0. The standard InChI is InChI=1S/C7H6BrF2NO/c1-12-4-2-3(9)6(10)5(8)7(4)11/h2H,11H2,1H3. The third-order valence-corrected chi connectivity index (χ3v) is 2.16. The maximum atomic E-state index is 12.8. The maximum Gasteiger partial charge on any atom is 0.175 e. The van der Waals surface area contributed by atoms with Gasteiger partial charge in [-0.25, -0.2) is 8.78 Å². The van der Waals surface area contributed by atoms with Crippen LogP contribution in [0.1, 0.15) is 0 Å². The Bertz CT molecular complexity index is 317. The molecule has 1 aromatic rings. The minimum absolute atomic E-state index is 0.0522. The van der Waals surface area contributed by atoms with Crippen LogP contribution in [0.5, 0.6) is 5.75 Å². The van der Waals surface area contributed by atoms with E-state index >= 15 is 0 Å². The van der Waals surface area contributed by atoms with E-state index in [9.17, 15) is 8.78 Å². The number of hydrogen-bond donors (Lipinski definition) is 1. The lowest BCUT2D eigenvalue weighted by Gasteiger charge is -2.06. The molecule has 0 radical (unpaired) electrons. The highest BCUT2D eigenvalue weighted by Gasteiger charge is 2.14. The van der Waals surface area contributed by atoms with Crippen LogP contribution in [0.15, 0.2) is 10.5 Å². The van der Waals surface area contributed by atoms with E-state index in [1.54, 1.807) is 0 Å². The predicted molar refractivity (Wildman–Crippen MR) is 45.0 cm³/mol. The van der Waals surface area contributed by atoms with Crippen LogP contribution in [-0.2, 0) is 0 Å². The maximum absolute atomic E-state index is 12.8. The van der Waals surface area contributed by atoms with Gasteiger partial charge in [-0.2, -0.15) is 0 Å². The van der Waals surface area contributed by atoms with E-state index in [0.717, 1.165) is 6.07 Å². The number of nitrogens with two attached hydrogens (primary N) is 1.